The minimum atomic E-state index is -3.23. The number of morpholine rings is 1. The Labute approximate surface area is 131 Å². The molecular weight excluding hydrogens is 302 g/mol. The Bertz CT molecular complexity index is 651. The number of nitrogens with zero attached hydrogens (tertiary/aromatic N) is 1. The van der Waals surface area contributed by atoms with Crippen molar-refractivity contribution < 1.29 is 17.9 Å². The number of ether oxygens (including phenoxy) is 1. The van der Waals surface area contributed by atoms with Gasteiger partial charge in [0.15, 0.2) is 9.84 Å². The minimum absolute atomic E-state index is 0.0275. The molecule has 5 nitrogen and oxygen atoms in total. The molecule has 1 aliphatic carbocycles. The van der Waals surface area contributed by atoms with E-state index in [0.29, 0.717) is 18.7 Å². The quantitative estimate of drug-likeness (QED) is 0.833. The second-order valence-electron chi connectivity index (χ2n) is 6.06. The maximum absolute atomic E-state index is 12.7. The molecule has 3 rings (SSSR count). The highest BCUT2D eigenvalue weighted by Crippen LogP contribution is 2.29. The highest BCUT2D eigenvalue weighted by Gasteiger charge is 2.36. The van der Waals surface area contributed by atoms with Crippen LogP contribution in [0.3, 0.4) is 0 Å². The Morgan fingerprint density at radius 1 is 1.18 bits per heavy atom. The first-order valence-electron chi connectivity index (χ1n) is 7.69. The summed E-state index contributed by atoms with van der Waals surface area (Å²) in [4.78, 5) is 14.9. The highest BCUT2D eigenvalue weighted by molar-refractivity contribution is 7.90. The topological polar surface area (TPSA) is 63.7 Å². The molecule has 120 valence electrons. The molecule has 2 fully saturated rings. The molecule has 0 radical (unpaired) electrons. The molecule has 0 unspecified atom stereocenters. The van der Waals surface area contributed by atoms with Gasteiger partial charge < -0.3 is 9.64 Å². The number of benzene rings is 1. The number of carbonyl (C=O) groups excluding carboxylic acids is 1. The molecule has 6 heteroatoms. The maximum Gasteiger partial charge on any atom is 0.254 e. The summed E-state index contributed by atoms with van der Waals surface area (Å²) in [7, 11) is -3.23. The summed E-state index contributed by atoms with van der Waals surface area (Å²) in [6, 6.07) is 6.37. The molecule has 0 N–H and O–H groups in total. The molecule has 1 saturated carbocycles. The third-order valence-electron chi connectivity index (χ3n) is 4.52. The van der Waals surface area contributed by atoms with Crippen LogP contribution in [-0.2, 0) is 14.6 Å². The van der Waals surface area contributed by atoms with Crippen molar-refractivity contribution in [3.05, 3.63) is 29.8 Å². The van der Waals surface area contributed by atoms with Crippen molar-refractivity contribution in [1.82, 2.24) is 4.90 Å². The van der Waals surface area contributed by atoms with E-state index in [1.54, 1.807) is 12.1 Å². The molecule has 1 heterocycles. The van der Waals surface area contributed by atoms with E-state index in [-0.39, 0.29) is 22.9 Å². The van der Waals surface area contributed by atoms with Gasteiger partial charge in [-0.15, -0.1) is 0 Å². The van der Waals surface area contributed by atoms with Crippen molar-refractivity contribution in [3.63, 3.8) is 0 Å². The minimum Gasteiger partial charge on any atom is -0.374 e. The Kier molecular flexibility index (Phi) is 4.23. The van der Waals surface area contributed by atoms with Gasteiger partial charge in [0.25, 0.3) is 5.91 Å². The van der Waals surface area contributed by atoms with Crippen LogP contribution in [0, 0.1) is 0 Å². The van der Waals surface area contributed by atoms with Gasteiger partial charge >= 0.3 is 0 Å². The third-order valence-corrected chi connectivity index (χ3v) is 5.65. The largest absolute Gasteiger partial charge is 0.374 e. The zero-order valence-corrected chi connectivity index (χ0v) is 13.5. The van der Waals surface area contributed by atoms with Gasteiger partial charge in [-0.25, -0.2) is 8.42 Å². The first-order valence-corrected chi connectivity index (χ1v) is 9.58. The van der Waals surface area contributed by atoms with Crippen LogP contribution in [0.15, 0.2) is 29.2 Å². The van der Waals surface area contributed by atoms with Gasteiger partial charge in [0, 0.05) is 18.4 Å². The van der Waals surface area contributed by atoms with Gasteiger partial charge in [-0.2, -0.15) is 0 Å². The van der Waals surface area contributed by atoms with E-state index < -0.39 is 9.84 Å². The summed E-state index contributed by atoms with van der Waals surface area (Å²) in [6.07, 6.45) is 5.60. The number of rotatable bonds is 2. The van der Waals surface area contributed by atoms with Crippen LogP contribution in [0.1, 0.15) is 36.0 Å². The van der Waals surface area contributed by atoms with Gasteiger partial charge in [0.05, 0.1) is 23.6 Å². The fourth-order valence-corrected chi connectivity index (χ4v) is 3.99. The smallest absolute Gasteiger partial charge is 0.254 e. The van der Waals surface area contributed by atoms with Crippen molar-refractivity contribution in [2.24, 2.45) is 0 Å². The van der Waals surface area contributed by atoms with Crippen LogP contribution in [0.4, 0.5) is 0 Å². The summed E-state index contributed by atoms with van der Waals surface area (Å²) in [5.74, 6) is -0.0275. The van der Waals surface area contributed by atoms with Crippen molar-refractivity contribution in [3.8, 4) is 0 Å². The molecule has 0 bridgehead atoms. The average Bonchev–Trinajstić information content (AvgIpc) is 2.53. The molecule has 0 spiro atoms. The van der Waals surface area contributed by atoms with E-state index >= 15 is 0 Å². The maximum atomic E-state index is 12.7. The Morgan fingerprint density at radius 2 is 1.86 bits per heavy atom. The third kappa shape index (κ3) is 3.03. The number of carbonyl (C=O) groups is 1. The molecule has 1 aliphatic heterocycles. The number of hydrogen-bond acceptors (Lipinski definition) is 4. The number of hydrogen-bond donors (Lipinski definition) is 0. The lowest BCUT2D eigenvalue weighted by atomic mass is 9.89. The number of fused-ring (bicyclic) bond motifs is 1. The SMILES string of the molecule is CS(=O)(=O)c1ccc(C(=O)N2CCO[C@H]3CCCC[C@@H]32)cc1. The Balaban J connectivity index is 1.80. The Morgan fingerprint density at radius 3 is 2.55 bits per heavy atom. The van der Waals surface area contributed by atoms with E-state index in [4.69, 9.17) is 4.74 Å². The first kappa shape index (κ1) is 15.5. The van der Waals surface area contributed by atoms with E-state index in [1.165, 1.54) is 18.4 Å². The lowest BCUT2D eigenvalue weighted by Gasteiger charge is -2.43. The van der Waals surface area contributed by atoms with Gasteiger partial charge in [0.1, 0.15) is 0 Å². The number of amides is 1. The van der Waals surface area contributed by atoms with Gasteiger partial charge in [0.2, 0.25) is 0 Å². The predicted molar refractivity (Wildman–Crippen MR) is 82.6 cm³/mol. The zero-order valence-electron chi connectivity index (χ0n) is 12.7. The van der Waals surface area contributed by atoms with Crippen molar-refractivity contribution >= 4 is 15.7 Å². The highest BCUT2D eigenvalue weighted by atomic mass is 32.2. The lowest BCUT2D eigenvalue weighted by Crippen LogP contribution is -2.54. The molecular formula is C16H21NO4S. The summed E-state index contributed by atoms with van der Waals surface area (Å²) < 4.78 is 28.8. The van der Waals surface area contributed by atoms with E-state index in [2.05, 4.69) is 0 Å². The monoisotopic (exact) mass is 323 g/mol. The molecule has 1 aromatic rings. The summed E-state index contributed by atoms with van der Waals surface area (Å²) in [5, 5.41) is 0. The molecule has 2 aliphatic rings. The van der Waals surface area contributed by atoms with E-state index in [1.807, 2.05) is 4.90 Å². The van der Waals surface area contributed by atoms with Gasteiger partial charge in [-0.1, -0.05) is 12.8 Å². The average molecular weight is 323 g/mol. The summed E-state index contributed by atoms with van der Waals surface area (Å²) in [6.45, 7) is 1.18. The van der Waals surface area contributed by atoms with E-state index in [0.717, 1.165) is 25.7 Å². The second kappa shape index (κ2) is 6.01. The van der Waals surface area contributed by atoms with Crippen LogP contribution in [-0.4, -0.2) is 50.8 Å². The molecule has 0 aromatic heterocycles. The van der Waals surface area contributed by atoms with Crippen LogP contribution in [0.2, 0.25) is 0 Å². The molecule has 2 atom stereocenters. The fraction of sp³-hybridized carbons (Fsp3) is 0.562. The fourth-order valence-electron chi connectivity index (χ4n) is 3.36. The predicted octanol–water partition coefficient (Wildman–Crippen LogP) is 1.87. The zero-order chi connectivity index (χ0) is 15.7. The molecule has 22 heavy (non-hydrogen) atoms. The normalized spacial score (nSPS) is 25.6. The van der Waals surface area contributed by atoms with Crippen LogP contribution < -0.4 is 0 Å². The second-order valence-corrected chi connectivity index (χ2v) is 8.07. The first-order chi connectivity index (χ1) is 10.5. The molecule has 1 aromatic carbocycles. The van der Waals surface area contributed by atoms with Crippen molar-refractivity contribution in [1.29, 1.82) is 0 Å². The number of sulfone groups is 1. The van der Waals surface area contributed by atoms with Crippen LogP contribution in [0.25, 0.3) is 0 Å². The van der Waals surface area contributed by atoms with Crippen LogP contribution >= 0.6 is 0 Å². The van der Waals surface area contributed by atoms with Crippen molar-refractivity contribution in [2.75, 3.05) is 19.4 Å². The van der Waals surface area contributed by atoms with Gasteiger partial charge in [-0.05, 0) is 37.1 Å². The van der Waals surface area contributed by atoms with E-state index in [9.17, 15) is 13.2 Å². The summed E-state index contributed by atoms with van der Waals surface area (Å²) >= 11 is 0. The molecule has 1 amide bonds. The lowest BCUT2D eigenvalue weighted by molar-refractivity contribution is -0.0752. The van der Waals surface area contributed by atoms with Crippen LogP contribution in [0.5, 0.6) is 0 Å². The van der Waals surface area contributed by atoms with Crippen molar-refractivity contribution in [2.45, 2.75) is 42.7 Å². The van der Waals surface area contributed by atoms with Gasteiger partial charge in [-0.3, -0.25) is 4.79 Å². The standard InChI is InChI=1S/C16H21NO4S/c1-22(19,20)13-8-6-12(7-9-13)16(18)17-10-11-21-15-5-3-2-4-14(15)17/h6-9,14-15H,2-5,10-11H2,1H3/t14-,15-/m0/s1. The summed E-state index contributed by atoms with van der Waals surface area (Å²) in [5.41, 5.74) is 0.540. The molecule has 1 saturated heterocycles. The Hall–Kier alpha value is -1.40.